The molecule has 2 N–H and O–H groups in total. The van der Waals surface area contributed by atoms with E-state index in [-0.39, 0.29) is 36.4 Å². The van der Waals surface area contributed by atoms with Crippen molar-refractivity contribution >= 4 is 35.8 Å². The third kappa shape index (κ3) is 6.27. The van der Waals surface area contributed by atoms with E-state index in [0.29, 0.717) is 19.1 Å². The van der Waals surface area contributed by atoms with Gasteiger partial charge >= 0.3 is 0 Å². The number of hydrogen-bond acceptors (Lipinski definition) is 3. The summed E-state index contributed by atoms with van der Waals surface area (Å²) in [6, 6.07) is 10.5. The molecule has 134 valence electrons. The Morgan fingerprint density at radius 1 is 1.33 bits per heavy atom. The first-order chi connectivity index (χ1) is 11.2. The van der Waals surface area contributed by atoms with E-state index in [1.165, 1.54) is 5.56 Å². The summed E-state index contributed by atoms with van der Waals surface area (Å²) in [6.45, 7) is 3.14. The maximum absolute atomic E-state index is 11.7. The van der Waals surface area contributed by atoms with Crippen molar-refractivity contribution in [3.05, 3.63) is 35.9 Å². The van der Waals surface area contributed by atoms with Crippen molar-refractivity contribution in [2.45, 2.75) is 12.3 Å². The third-order valence-corrected chi connectivity index (χ3v) is 4.01. The number of likely N-dealkylation sites (tertiary alicyclic amines) is 1. The van der Waals surface area contributed by atoms with Crippen molar-refractivity contribution in [2.24, 2.45) is 4.99 Å². The number of guanidine groups is 1. The lowest BCUT2D eigenvalue weighted by molar-refractivity contribution is -0.120. The molecule has 0 radical (unpaired) electrons. The molecule has 0 aromatic heterocycles. The zero-order chi connectivity index (χ0) is 16.5. The predicted molar refractivity (Wildman–Crippen MR) is 107 cm³/mol. The lowest BCUT2D eigenvalue weighted by Crippen LogP contribution is -2.45. The lowest BCUT2D eigenvalue weighted by atomic mass is 9.99. The fourth-order valence-electron chi connectivity index (χ4n) is 2.80. The second-order valence-electron chi connectivity index (χ2n) is 5.59. The van der Waals surface area contributed by atoms with Gasteiger partial charge < -0.3 is 20.3 Å². The van der Waals surface area contributed by atoms with Crippen molar-refractivity contribution in [1.29, 1.82) is 0 Å². The Balaban J connectivity index is 0.00000288. The average Bonchev–Trinajstić information content (AvgIpc) is 3.06. The standard InChI is InChI=1S/C17H26N4O2.HI/c1-18-17(20-12-16(22)19-9-11-23-2)21-10-8-15(13-21)14-6-4-3-5-7-14;/h3-7,15H,8-13H2,1-2H3,(H,18,20)(H,19,22);1H. The topological polar surface area (TPSA) is 66.0 Å². The SMILES string of the molecule is CN=C(NCC(=O)NCCOC)N1CCC(c2ccccc2)C1.I. The lowest BCUT2D eigenvalue weighted by Gasteiger charge is -2.21. The summed E-state index contributed by atoms with van der Waals surface area (Å²) in [4.78, 5) is 18.2. The maximum atomic E-state index is 11.7. The Kier molecular flexibility index (Phi) is 9.70. The van der Waals surface area contributed by atoms with E-state index in [0.717, 1.165) is 25.5 Å². The van der Waals surface area contributed by atoms with Gasteiger partial charge in [-0.25, -0.2) is 0 Å². The normalized spacial score (nSPS) is 17.3. The molecule has 0 saturated carbocycles. The van der Waals surface area contributed by atoms with E-state index in [1.54, 1.807) is 14.2 Å². The van der Waals surface area contributed by atoms with Gasteiger partial charge in [-0.05, 0) is 12.0 Å². The van der Waals surface area contributed by atoms with E-state index in [1.807, 2.05) is 6.07 Å². The van der Waals surface area contributed by atoms with Gasteiger partial charge in [0.05, 0.1) is 13.2 Å². The quantitative estimate of drug-likeness (QED) is 0.301. The number of benzene rings is 1. The number of methoxy groups -OCH3 is 1. The van der Waals surface area contributed by atoms with Crippen LogP contribution in [-0.4, -0.2) is 63.7 Å². The number of ether oxygens (including phenoxy) is 1. The van der Waals surface area contributed by atoms with E-state index in [4.69, 9.17) is 4.74 Å². The molecule has 1 amide bonds. The second-order valence-corrected chi connectivity index (χ2v) is 5.59. The molecule has 1 heterocycles. The number of carbonyl (C=O) groups is 1. The van der Waals surface area contributed by atoms with Crippen molar-refractivity contribution in [3.63, 3.8) is 0 Å². The Labute approximate surface area is 161 Å². The Hall–Kier alpha value is -1.35. The van der Waals surface area contributed by atoms with Gasteiger partial charge in [-0.2, -0.15) is 0 Å². The minimum absolute atomic E-state index is 0. The van der Waals surface area contributed by atoms with Crippen LogP contribution in [0, 0.1) is 0 Å². The first-order valence-electron chi connectivity index (χ1n) is 8.00. The zero-order valence-electron chi connectivity index (χ0n) is 14.3. The fraction of sp³-hybridized carbons (Fsp3) is 0.529. The van der Waals surface area contributed by atoms with Gasteiger partial charge in [0.15, 0.2) is 5.96 Å². The smallest absolute Gasteiger partial charge is 0.239 e. The maximum Gasteiger partial charge on any atom is 0.239 e. The molecule has 1 fully saturated rings. The number of hydrogen-bond donors (Lipinski definition) is 2. The average molecular weight is 446 g/mol. The Morgan fingerprint density at radius 2 is 2.08 bits per heavy atom. The molecule has 0 spiro atoms. The molecule has 1 aromatic carbocycles. The summed E-state index contributed by atoms with van der Waals surface area (Å²) in [5.74, 6) is 1.25. The third-order valence-electron chi connectivity index (χ3n) is 4.01. The summed E-state index contributed by atoms with van der Waals surface area (Å²) >= 11 is 0. The van der Waals surface area contributed by atoms with Gasteiger partial charge in [0, 0.05) is 39.7 Å². The number of amides is 1. The van der Waals surface area contributed by atoms with Crippen LogP contribution in [-0.2, 0) is 9.53 Å². The highest BCUT2D eigenvalue weighted by molar-refractivity contribution is 14.0. The molecule has 2 rings (SSSR count). The summed E-state index contributed by atoms with van der Waals surface area (Å²) < 4.78 is 4.91. The van der Waals surface area contributed by atoms with Crippen LogP contribution in [0.3, 0.4) is 0 Å². The molecule has 1 unspecified atom stereocenters. The van der Waals surface area contributed by atoms with Crippen LogP contribution < -0.4 is 10.6 Å². The molecule has 1 saturated heterocycles. The van der Waals surface area contributed by atoms with Gasteiger partial charge in [-0.1, -0.05) is 30.3 Å². The van der Waals surface area contributed by atoms with Crippen LogP contribution in [0.15, 0.2) is 35.3 Å². The summed E-state index contributed by atoms with van der Waals surface area (Å²) in [7, 11) is 3.36. The zero-order valence-corrected chi connectivity index (χ0v) is 16.7. The van der Waals surface area contributed by atoms with Gasteiger partial charge in [0.1, 0.15) is 0 Å². The molecular formula is C17H27IN4O2. The van der Waals surface area contributed by atoms with E-state index in [9.17, 15) is 4.79 Å². The minimum atomic E-state index is -0.0537. The summed E-state index contributed by atoms with van der Waals surface area (Å²) in [6.07, 6.45) is 1.10. The van der Waals surface area contributed by atoms with Crippen LogP contribution >= 0.6 is 24.0 Å². The first kappa shape index (κ1) is 20.7. The van der Waals surface area contributed by atoms with E-state index < -0.39 is 0 Å². The van der Waals surface area contributed by atoms with Crippen LogP contribution in [0.1, 0.15) is 17.9 Å². The predicted octanol–water partition coefficient (Wildman–Crippen LogP) is 1.43. The molecule has 6 nitrogen and oxygen atoms in total. The van der Waals surface area contributed by atoms with Crippen molar-refractivity contribution in [1.82, 2.24) is 15.5 Å². The molecular weight excluding hydrogens is 419 g/mol. The largest absolute Gasteiger partial charge is 0.383 e. The Morgan fingerprint density at radius 3 is 2.75 bits per heavy atom. The molecule has 7 heteroatoms. The second kappa shape index (κ2) is 11.2. The number of rotatable bonds is 6. The minimum Gasteiger partial charge on any atom is -0.383 e. The molecule has 0 aliphatic carbocycles. The van der Waals surface area contributed by atoms with Crippen LogP contribution in [0.25, 0.3) is 0 Å². The Bertz CT molecular complexity index is 525. The highest BCUT2D eigenvalue weighted by atomic mass is 127. The molecule has 1 aromatic rings. The number of carbonyl (C=O) groups excluding carboxylic acids is 1. The van der Waals surface area contributed by atoms with Crippen molar-refractivity contribution in [2.75, 3.05) is 46.9 Å². The van der Waals surface area contributed by atoms with Crippen molar-refractivity contribution < 1.29 is 9.53 Å². The molecule has 0 bridgehead atoms. The first-order valence-corrected chi connectivity index (χ1v) is 8.00. The van der Waals surface area contributed by atoms with Crippen molar-refractivity contribution in [3.8, 4) is 0 Å². The molecule has 24 heavy (non-hydrogen) atoms. The number of nitrogens with zero attached hydrogens (tertiary/aromatic N) is 2. The summed E-state index contributed by atoms with van der Waals surface area (Å²) in [5, 5.41) is 5.92. The van der Waals surface area contributed by atoms with E-state index in [2.05, 4.69) is 44.8 Å². The van der Waals surface area contributed by atoms with Gasteiger partial charge in [-0.15, -0.1) is 24.0 Å². The molecule has 1 atom stereocenters. The number of nitrogens with one attached hydrogen (secondary N) is 2. The van der Waals surface area contributed by atoms with Gasteiger partial charge in [0.25, 0.3) is 0 Å². The summed E-state index contributed by atoms with van der Waals surface area (Å²) in [5.41, 5.74) is 1.36. The molecule has 1 aliphatic heterocycles. The van der Waals surface area contributed by atoms with Crippen LogP contribution in [0.5, 0.6) is 0 Å². The number of halogens is 1. The highest BCUT2D eigenvalue weighted by Crippen LogP contribution is 2.26. The highest BCUT2D eigenvalue weighted by Gasteiger charge is 2.25. The fourth-order valence-corrected chi connectivity index (χ4v) is 2.80. The monoisotopic (exact) mass is 446 g/mol. The van der Waals surface area contributed by atoms with Crippen LogP contribution in [0.2, 0.25) is 0 Å². The van der Waals surface area contributed by atoms with Gasteiger partial charge in [0.2, 0.25) is 5.91 Å². The number of aliphatic imine (C=N–C) groups is 1. The molecule has 1 aliphatic rings. The van der Waals surface area contributed by atoms with E-state index >= 15 is 0 Å². The van der Waals surface area contributed by atoms with Gasteiger partial charge in [-0.3, -0.25) is 9.79 Å². The van der Waals surface area contributed by atoms with Crippen LogP contribution in [0.4, 0.5) is 0 Å².